The van der Waals surface area contributed by atoms with Crippen molar-refractivity contribution >= 4 is 40.9 Å². The Morgan fingerprint density at radius 2 is 1.85 bits per heavy atom. The van der Waals surface area contributed by atoms with E-state index in [4.69, 9.17) is 17.3 Å². The van der Waals surface area contributed by atoms with Gasteiger partial charge in [-0.2, -0.15) is 0 Å². The first-order valence-electron chi connectivity index (χ1n) is 10.4. The minimum atomic E-state index is -1.54. The van der Waals surface area contributed by atoms with Crippen LogP contribution in [0.1, 0.15) is 23.1 Å². The zero-order valence-electron chi connectivity index (χ0n) is 17.5. The highest BCUT2D eigenvalue weighted by Crippen LogP contribution is 2.54. The van der Waals surface area contributed by atoms with Crippen LogP contribution in [-0.2, 0) is 31.3 Å². The fraction of sp³-hybridized carbons (Fsp3) is 0.304. The monoisotopic (exact) mass is 470 g/mol. The van der Waals surface area contributed by atoms with Crippen LogP contribution >= 0.6 is 11.6 Å². The molecule has 3 heterocycles. The number of carbonyl (C=O) groups is 4. The van der Waals surface area contributed by atoms with Crippen molar-refractivity contribution in [3.8, 4) is 0 Å². The van der Waals surface area contributed by atoms with Gasteiger partial charge < -0.3 is 11.1 Å². The first-order valence-corrected chi connectivity index (χ1v) is 10.8. The number of imide groups is 1. The summed E-state index contributed by atoms with van der Waals surface area (Å²) in [6, 6.07) is 7.94. The van der Waals surface area contributed by atoms with E-state index < -0.39 is 52.9 Å². The third-order valence-electron chi connectivity index (χ3n) is 6.85. The zero-order valence-corrected chi connectivity index (χ0v) is 18.3. The lowest BCUT2D eigenvalue weighted by Gasteiger charge is -2.29. The second kappa shape index (κ2) is 7.36. The first kappa shape index (κ1) is 21.5. The molecule has 4 N–H and O–H groups in total. The first-order chi connectivity index (χ1) is 15.6. The number of hydrogen-bond acceptors (Lipinski definition) is 5. The number of rotatable bonds is 4. The van der Waals surface area contributed by atoms with Crippen molar-refractivity contribution in [2.45, 2.75) is 31.5 Å². The van der Waals surface area contributed by atoms with E-state index in [2.05, 4.69) is 10.6 Å². The van der Waals surface area contributed by atoms with Gasteiger partial charge in [0.05, 0.1) is 24.1 Å². The van der Waals surface area contributed by atoms with Crippen LogP contribution in [0.4, 0.5) is 10.1 Å². The third-order valence-corrected chi connectivity index (χ3v) is 7.26. The van der Waals surface area contributed by atoms with Gasteiger partial charge in [-0.15, -0.1) is 0 Å². The molecule has 5 rings (SSSR count). The number of likely N-dealkylation sites (tertiary alicyclic amines) is 1. The van der Waals surface area contributed by atoms with Crippen LogP contribution in [0.5, 0.6) is 0 Å². The van der Waals surface area contributed by atoms with Crippen molar-refractivity contribution in [1.29, 1.82) is 0 Å². The lowest BCUT2D eigenvalue weighted by molar-refractivity contribution is -0.143. The molecular formula is C23H20ClFN4O4. The van der Waals surface area contributed by atoms with Gasteiger partial charge in [-0.25, -0.2) is 4.39 Å². The predicted molar refractivity (Wildman–Crippen MR) is 116 cm³/mol. The number of nitrogens with zero attached hydrogens (tertiary/aromatic N) is 1. The molecule has 2 fully saturated rings. The number of benzene rings is 2. The molecule has 2 saturated heterocycles. The van der Waals surface area contributed by atoms with Gasteiger partial charge in [0.2, 0.25) is 23.6 Å². The molecular weight excluding hydrogens is 451 g/mol. The largest absolute Gasteiger partial charge is 0.370 e. The van der Waals surface area contributed by atoms with Crippen LogP contribution in [-0.4, -0.2) is 34.6 Å². The predicted octanol–water partition coefficient (Wildman–Crippen LogP) is 1.58. The summed E-state index contributed by atoms with van der Waals surface area (Å²) in [7, 11) is 0. The Labute approximate surface area is 193 Å². The molecule has 10 heteroatoms. The van der Waals surface area contributed by atoms with E-state index in [0.29, 0.717) is 27.4 Å². The van der Waals surface area contributed by atoms with E-state index >= 15 is 0 Å². The molecule has 0 radical (unpaired) electrons. The van der Waals surface area contributed by atoms with Crippen LogP contribution in [0.25, 0.3) is 0 Å². The van der Waals surface area contributed by atoms with Crippen LogP contribution in [0.2, 0.25) is 5.02 Å². The Balaban J connectivity index is 1.61. The third kappa shape index (κ3) is 2.99. The standard InChI is InChI=1S/C23H20ClFN4O4/c1-10-14(24)7-6-13-19(10)27-22(33)23(13)18-17(15(28-23)8-16(26)30)20(31)29(21(18)32)9-11-2-4-12(25)5-3-11/h2-7,15,17-18,28H,8-9H2,1H3,(H2,26,30)(H,27,33)/t15-,17-,18+,23-/m1/s1. The second-order valence-corrected chi connectivity index (χ2v) is 9.08. The highest BCUT2D eigenvalue weighted by Gasteiger charge is 2.70. The van der Waals surface area contributed by atoms with Gasteiger partial charge in [-0.1, -0.05) is 29.8 Å². The molecule has 4 amide bonds. The number of nitrogens with two attached hydrogens (primary N) is 1. The lowest BCUT2D eigenvalue weighted by Crippen LogP contribution is -2.53. The quantitative estimate of drug-likeness (QED) is 0.586. The van der Waals surface area contributed by atoms with Crippen molar-refractivity contribution < 1.29 is 23.6 Å². The summed E-state index contributed by atoms with van der Waals surface area (Å²) in [6.07, 6.45) is -0.221. The Morgan fingerprint density at radius 1 is 1.15 bits per heavy atom. The molecule has 170 valence electrons. The molecule has 0 bridgehead atoms. The highest BCUT2D eigenvalue weighted by atomic mass is 35.5. The van der Waals surface area contributed by atoms with Crippen molar-refractivity contribution in [1.82, 2.24) is 10.2 Å². The molecule has 3 aliphatic heterocycles. The van der Waals surface area contributed by atoms with Gasteiger partial charge >= 0.3 is 0 Å². The summed E-state index contributed by atoms with van der Waals surface area (Å²) >= 11 is 6.23. The molecule has 1 spiro atoms. The topological polar surface area (TPSA) is 122 Å². The SMILES string of the molecule is Cc1c(Cl)ccc2c1NC(=O)[C@@]21N[C@H](CC(N)=O)[C@H]2C(=O)N(Cc3ccc(F)cc3)C(=O)[C@H]21. The van der Waals surface area contributed by atoms with E-state index in [1.54, 1.807) is 19.1 Å². The number of nitrogens with one attached hydrogen (secondary N) is 2. The number of halogens is 2. The van der Waals surface area contributed by atoms with E-state index in [9.17, 15) is 23.6 Å². The number of carbonyl (C=O) groups excluding carboxylic acids is 4. The lowest BCUT2D eigenvalue weighted by atomic mass is 9.76. The Bertz CT molecular complexity index is 1230. The fourth-order valence-electron chi connectivity index (χ4n) is 5.37. The van der Waals surface area contributed by atoms with Crippen LogP contribution in [0, 0.1) is 24.6 Å². The zero-order chi connectivity index (χ0) is 23.7. The summed E-state index contributed by atoms with van der Waals surface area (Å²) in [6.45, 7) is 1.68. The second-order valence-electron chi connectivity index (χ2n) is 8.67. The van der Waals surface area contributed by atoms with Gasteiger partial charge in [0.25, 0.3) is 0 Å². The fourth-order valence-corrected chi connectivity index (χ4v) is 5.53. The molecule has 33 heavy (non-hydrogen) atoms. The molecule has 4 atom stereocenters. The van der Waals surface area contributed by atoms with Gasteiger partial charge in [-0.3, -0.25) is 29.4 Å². The van der Waals surface area contributed by atoms with E-state index in [1.165, 1.54) is 24.3 Å². The minimum absolute atomic E-state index is 0.0710. The van der Waals surface area contributed by atoms with Crippen molar-refractivity contribution in [2.75, 3.05) is 5.32 Å². The number of fused-ring (bicyclic) bond motifs is 4. The van der Waals surface area contributed by atoms with Gasteiger partial charge in [-0.05, 0) is 36.2 Å². The molecule has 2 aromatic carbocycles. The number of primary amides is 1. The normalized spacial score (nSPS) is 27.8. The highest BCUT2D eigenvalue weighted by molar-refractivity contribution is 6.32. The Hall–Kier alpha value is -3.30. The van der Waals surface area contributed by atoms with E-state index in [1.807, 2.05) is 0 Å². The Morgan fingerprint density at radius 3 is 2.52 bits per heavy atom. The summed E-state index contributed by atoms with van der Waals surface area (Å²) in [5.41, 5.74) is 6.06. The van der Waals surface area contributed by atoms with Crippen molar-refractivity contribution in [2.24, 2.45) is 17.6 Å². The summed E-state index contributed by atoms with van der Waals surface area (Å²) in [4.78, 5) is 53.3. The summed E-state index contributed by atoms with van der Waals surface area (Å²) in [5.74, 6) is -4.66. The average molecular weight is 471 g/mol. The van der Waals surface area contributed by atoms with Crippen LogP contribution in [0.3, 0.4) is 0 Å². The summed E-state index contributed by atoms with van der Waals surface area (Å²) in [5, 5.41) is 6.38. The maximum atomic E-state index is 13.6. The maximum absolute atomic E-state index is 13.6. The molecule has 0 aliphatic carbocycles. The average Bonchev–Trinajstić information content (AvgIpc) is 3.33. The van der Waals surface area contributed by atoms with Gasteiger partial charge in [0, 0.05) is 23.0 Å². The van der Waals surface area contributed by atoms with E-state index in [-0.39, 0.29) is 13.0 Å². The molecule has 0 saturated carbocycles. The maximum Gasteiger partial charge on any atom is 0.250 e. The molecule has 3 aliphatic rings. The van der Waals surface area contributed by atoms with Crippen LogP contribution < -0.4 is 16.4 Å². The molecule has 2 aromatic rings. The van der Waals surface area contributed by atoms with Crippen molar-refractivity contribution in [3.05, 3.63) is 63.9 Å². The Kier molecular flexibility index (Phi) is 4.80. The van der Waals surface area contributed by atoms with Crippen LogP contribution in [0.15, 0.2) is 36.4 Å². The van der Waals surface area contributed by atoms with Gasteiger partial charge in [0.1, 0.15) is 11.4 Å². The molecule has 0 unspecified atom stereocenters. The molecule has 8 nitrogen and oxygen atoms in total. The smallest absolute Gasteiger partial charge is 0.250 e. The summed E-state index contributed by atoms with van der Waals surface area (Å²) < 4.78 is 13.3. The van der Waals surface area contributed by atoms with Gasteiger partial charge in [0.15, 0.2) is 0 Å². The number of amides is 4. The minimum Gasteiger partial charge on any atom is -0.370 e. The number of hydrogen-bond donors (Lipinski definition) is 3. The molecule has 0 aromatic heterocycles. The number of anilines is 1. The van der Waals surface area contributed by atoms with Crippen molar-refractivity contribution in [3.63, 3.8) is 0 Å². The van der Waals surface area contributed by atoms with E-state index in [0.717, 1.165) is 4.90 Å².